The number of halogens is 3. The van der Waals surface area contributed by atoms with Crippen molar-refractivity contribution in [3.63, 3.8) is 0 Å². The molecule has 0 radical (unpaired) electrons. The number of methoxy groups -OCH3 is 3. The third-order valence-electron chi connectivity index (χ3n) is 5.73. The van der Waals surface area contributed by atoms with Gasteiger partial charge in [0.25, 0.3) is 0 Å². The van der Waals surface area contributed by atoms with Crippen LogP contribution in [0.3, 0.4) is 0 Å². The maximum atomic E-state index is 14.5. The summed E-state index contributed by atoms with van der Waals surface area (Å²) in [6, 6.07) is 4.95. The first-order valence-electron chi connectivity index (χ1n) is 11.4. The molecule has 0 saturated carbocycles. The van der Waals surface area contributed by atoms with Crippen LogP contribution in [0.4, 0.5) is 8.78 Å². The molecule has 0 spiro atoms. The number of imidazole rings is 1. The lowest BCUT2D eigenvalue weighted by atomic mass is 10.2. The van der Waals surface area contributed by atoms with Crippen molar-refractivity contribution in [3.8, 4) is 28.8 Å². The molecule has 2 aromatic heterocycles. The normalized spacial score (nSPS) is 11.0. The van der Waals surface area contributed by atoms with E-state index in [9.17, 15) is 18.4 Å². The van der Waals surface area contributed by atoms with Gasteiger partial charge < -0.3 is 23.7 Å². The molecule has 11 nitrogen and oxygen atoms in total. The molecule has 0 aliphatic rings. The van der Waals surface area contributed by atoms with Crippen LogP contribution in [0.5, 0.6) is 23.1 Å². The first-order valence-corrected chi connectivity index (χ1v) is 11.8. The van der Waals surface area contributed by atoms with E-state index in [0.717, 1.165) is 10.6 Å². The highest BCUT2D eigenvalue weighted by Gasteiger charge is 2.25. The Morgan fingerprint density at radius 2 is 1.74 bits per heavy atom. The number of ether oxygens (including phenoxy) is 5. The molecule has 39 heavy (non-hydrogen) atoms. The second kappa shape index (κ2) is 11.2. The van der Waals surface area contributed by atoms with Gasteiger partial charge in [-0.05, 0) is 19.1 Å². The summed E-state index contributed by atoms with van der Waals surface area (Å²) in [6.45, 7) is 1.25. The van der Waals surface area contributed by atoms with Crippen LogP contribution in [0, 0.1) is 11.6 Å². The molecule has 206 valence electrons. The van der Waals surface area contributed by atoms with E-state index in [4.69, 9.17) is 35.3 Å². The van der Waals surface area contributed by atoms with Crippen LogP contribution < -0.4 is 24.6 Å². The quantitative estimate of drug-likeness (QED) is 0.280. The van der Waals surface area contributed by atoms with Gasteiger partial charge in [-0.3, -0.25) is 4.57 Å². The minimum Gasteiger partial charge on any atom is -0.496 e. The molecule has 0 unspecified atom stereocenters. The molecule has 0 aliphatic carbocycles. The summed E-state index contributed by atoms with van der Waals surface area (Å²) < 4.78 is 57.3. The number of hydrogen-bond donors (Lipinski definition) is 0. The average molecular weight is 565 g/mol. The highest BCUT2D eigenvalue weighted by Crippen LogP contribution is 2.37. The summed E-state index contributed by atoms with van der Waals surface area (Å²) in [7, 11) is 5.45. The fourth-order valence-corrected chi connectivity index (χ4v) is 4.11. The van der Waals surface area contributed by atoms with Gasteiger partial charge in [0.15, 0.2) is 34.3 Å². The molecule has 0 atom stereocenters. The van der Waals surface area contributed by atoms with Crippen LogP contribution in [-0.2, 0) is 18.4 Å². The fourth-order valence-electron chi connectivity index (χ4n) is 3.87. The zero-order chi connectivity index (χ0) is 28.4. The number of hydrogen-bond acceptors (Lipinski definition) is 9. The minimum absolute atomic E-state index is 0.00624. The number of aromatic nitrogens is 4. The van der Waals surface area contributed by atoms with E-state index in [1.165, 1.54) is 51.1 Å². The summed E-state index contributed by atoms with van der Waals surface area (Å²) >= 11 is 6.53. The summed E-state index contributed by atoms with van der Waals surface area (Å²) in [5.41, 5.74) is -0.514. The minimum atomic E-state index is -1.14. The number of carbonyl (C=O) groups is 1. The van der Waals surface area contributed by atoms with Crippen molar-refractivity contribution in [3.05, 3.63) is 62.8 Å². The highest BCUT2D eigenvalue weighted by molar-refractivity contribution is 6.32. The van der Waals surface area contributed by atoms with Crippen LogP contribution in [-0.4, -0.2) is 53.0 Å². The lowest BCUT2D eigenvalue weighted by molar-refractivity contribution is 0.0511. The lowest BCUT2D eigenvalue weighted by Gasteiger charge is -2.16. The van der Waals surface area contributed by atoms with Crippen molar-refractivity contribution in [1.82, 2.24) is 19.1 Å². The molecule has 0 fully saturated rings. The smallest absolute Gasteiger partial charge is 0.376 e. The van der Waals surface area contributed by atoms with Crippen LogP contribution in [0.25, 0.3) is 16.9 Å². The Kier molecular flexibility index (Phi) is 7.90. The molecule has 4 aromatic rings. The Morgan fingerprint density at radius 3 is 2.38 bits per heavy atom. The van der Waals surface area contributed by atoms with Gasteiger partial charge in [0.2, 0.25) is 11.7 Å². The Labute approximate surface area is 225 Å². The van der Waals surface area contributed by atoms with E-state index in [1.54, 1.807) is 6.92 Å². The molecule has 2 heterocycles. The van der Waals surface area contributed by atoms with Crippen molar-refractivity contribution in [1.29, 1.82) is 0 Å². The summed E-state index contributed by atoms with van der Waals surface area (Å²) in [4.78, 5) is 34.1. The van der Waals surface area contributed by atoms with Gasteiger partial charge in [0.1, 0.15) is 12.4 Å². The Bertz CT molecular complexity index is 1640. The van der Waals surface area contributed by atoms with Crippen molar-refractivity contribution < 1.29 is 37.3 Å². The molecule has 0 saturated heterocycles. The van der Waals surface area contributed by atoms with Gasteiger partial charge in [0, 0.05) is 19.2 Å². The monoisotopic (exact) mass is 564 g/mol. The zero-order valence-electron chi connectivity index (χ0n) is 21.5. The number of esters is 1. The SMILES string of the molecule is CCOC(=O)c1nc(OC)c2c(n1)n(-c1cc(OCc3c(OC)ccc(F)c3F)c(OC)cc1Cl)c(=O)n2C. The first-order chi connectivity index (χ1) is 18.7. The van der Waals surface area contributed by atoms with E-state index in [0.29, 0.717) is 0 Å². The van der Waals surface area contributed by atoms with E-state index < -0.39 is 29.9 Å². The number of benzene rings is 2. The summed E-state index contributed by atoms with van der Waals surface area (Å²) in [5, 5.41) is 0.0542. The van der Waals surface area contributed by atoms with Crippen molar-refractivity contribution in [2.75, 3.05) is 27.9 Å². The maximum absolute atomic E-state index is 14.5. The second-order valence-corrected chi connectivity index (χ2v) is 8.32. The van der Waals surface area contributed by atoms with Crippen LogP contribution in [0.1, 0.15) is 23.1 Å². The fraction of sp³-hybridized carbons (Fsp3) is 0.280. The van der Waals surface area contributed by atoms with E-state index in [-0.39, 0.29) is 63.0 Å². The van der Waals surface area contributed by atoms with Gasteiger partial charge >= 0.3 is 11.7 Å². The van der Waals surface area contributed by atoms with Gasteiger partial charge in [0.05, 0.1) is 44.2 Å². The first kappa shape index (κ1) is 27.6. The van der Waals surface area contributed by atoms with Crippen molar-refractivity contribution >= 4 is 28.7 Å². The molecule has 2 aromatic carbocycles. The van der Waals surface area contributed by atoms with Crippen molar-refractivity contribution in [2.24, 2.45) is 7.05 Å². The second-order valence-electron chi connectivity index (χ2n) is 7.91. The van der Waals surface area contributed by atoms with Gasteiger partial charge in [-0.2, -0.15) is 4.98 Å². The lowest BCUT2D eigenvalue weighted by Crippen LogP contribution is -2.21. The average Bonchev–Trinajstić information content (AvgIpc) is 3.18. The van der Waals surface area contributed by atoms with Gasteiger partial charge in [-0.15, -0.1) is 0 Å². The molecular formula is C25H23ClF2N4O7. The summed E-state index contributed by atoms with van der Waals surface area (Å²) in [6.07, 6.45) is 0. The predicted octanol–water partition coefficient (Wildman–Crippen LogP) is 3.83. The van der Waals surface area contributed by atoms with Gasteiger partial charge in [-0.1, -0.05) is 11.6 Å². The van der Waals surface area contributed by atoms with E-state index >= 15 is 0 Å². The number of carbonyl (C=O) groups excluding carboxylic acids is 1. The Balaban J connectivity index is 1.89. The van der Waals surface area contributed by atoms with Gasteiger partial charge in [-0.25, -0.2) is 27.9 Å². The maximum Gasteiger partial charge on any atom is 0.376 e. The van der Waals surface area contributed by atoms with E-state index in [1.807, 2.05) is 0 Å². The largest absolute Gasteiger partial charge is 0.496 e. The van der Waals surface area contributed by atoms with Crippen LogP contribution in [0.15, 0.2) is 29.1 Å². The third-order valence-corrected chi connectivity index (χ3v) is 6.03. The standard InChI is InChI=1S/C25H23ClF2N4O7/c1-6-38-24(33)21-29-22-20(23(30-21)37-5)31(2)25(34)32(22)15-10-18(17(36-4)9-13(15)26)39-11-12-16(35-3)8-7-14(27)19(12)28/h7-10H,6,11H2,1-5H3. The number of aryl methyl sites for hydroxylation is 1. The van der Waals surface area contributed by atoms with Crippen LogP contribution >= 0.6 is 11.6 Å². The van der Waals surface area contributed by atoms with Crippen LogP contribution in [0.2, 0.25) is 5.02 Å². The number of rotatable bonds is 9. The third kappa shape index (κ3) is 4.92. The zero-order valence-corrected chi connectivity index (χ0v) is 22.3. The number of nitrogens with zero attached hydrogens (tertiary/aromatic N) is 4. The van der Waals surface area contributed by atoms with E-state index in [2.05, 4.69) is 9.97 Å². The molecule has 0 N–H and O–H groups in total. The highest BCUT2D eigenvalue weighted by atomic mass is 35.5. The Morgan fingerprint density at radius 1 is 1.03 bits per heavy atom. The molecule has 4 rings (SSSR count). The Hall–Kier alpha value is -4.39. The summed E-state index contributed by atoms with van der Waals surface area (Å²) in [5.74, 6) is -3.16. The molecule has 0 aliphatic heterocycles. The molecule has 0 bridgehead atoms. The molecule has 0 amide bonds. The molecule has 14 heteroatoms. The van der Waals surface area contributed by atoms with Crippen molar-refractivity contribution in [2.45, 2.75) is 13.5 Å². The molecular weight excluding hydrogens is 542 g/mol. The topological polar surface area (TPSA) is 116 Å². The number of fused-ring (bicyclic) bond motifs is 1. The predicted molar refractivity (Wildman–Crippen MR) is 135 cm³/mol.